The van der Waals surface area contributed by atoms with Crippen LogP contribution < -0.4 is 10.2 Å². The third-order valence-corrected chi connectivity index (χ3v) is 8.37. The molecule has 0 aliphatic carbocycles. The van der Waals surface area contributed by atoms with Crippen molar-refractivity contribution in [3.8, 4) is 5.75 Å². The van der Waals surface area contributed by atoms with Gasteiger partial charge in [0.2, 0.25) is 21.2 Å². The summed E-state index contributed by atoms with van der Waals surface area (Å²) in [7, 11) is -3.59. The molecule has 0 saturated carbocycles. The molecule has 0 N–H and O–H groups in total. The number of hydrogen-bond donors (Lipinski definition) is 0. The average Bonchev–Trinajstić information content (AvgIpc) is 3.31. The van der Waals surface area contributed by atoms with Crippen LogP contribution in [-0.2, 0) is 34.5 Å². The van der Waals surface area contributed by atoms with Crippen LogP contribution >= 0.6 is 0 Å². The quantitative estimate of drug-likeness (QED) is 0.481. The standard InChI is InChI=1S/C26H27N3O6S/c30-24-14-22(17-27-15-20-6-4-5-7-21(20)16-27)34-18-25(24)35-19-26(31)28-10-12-29(13-11-28)36(32,33)23-8-2-1-3-9-23/h1-9,14,18H,10-13,15-17,19H2. The Kier molecular flexibility index (Phi) is 6.90. The molecule has 1 saturated heterocycles. The zero-order valence-corrected chi connectivity index (χ0v) is 20.5. The maximum absolute atomic E-state index is 12.8. The predicted octanol–water partition coefficient (Wildman–Crippen LogP) is 2.07. The molecule has 0 spiro atoms. The largest absolute Gasteiger partial charge is 0.477 e. The van der Waals surface area contributed by atoms with Crippen LogP contribution in [0.1, 0.15) is 16.9 Å². The van der Waals surface area contributed by atoms with Crippen molar-refractivity contribution in [3.63, 3.8) is 0 Å². The number of hydrogen-bond acceptors (Lipinski definition) is 7. The molecule has 0 radical (unpaired) electrons. The van der Waals surface area contributed by atoms with E-state index in [1.165, 1.54) is 32.7 Å². The fourth-order valence-electron chi connectivity index (χ4n) is 4.51. The molecule has 188 valence electrons. The molecule has 36 heavy (non-hydrogen) atoms. The SMILES string of the molecule is O=C(COc1coc(CN2Cc3ccccc3C2)cc1=O)N1CCN(S(=O)(=O)c2ccccc2)CC1. The summed E-state index contributed by atoms with van der Waals surface area (Å²) in [6, 6.07) is 17.9. The van der Waals surface area contributed by atoms with E-state index >= 15 is 0 Å². The summed E-state index contributed by atoms with van der Waals surface area (Å²) >= 11 is 0. The Morgan fingerprint density at radius 1 is 0.917 bits per heavy atom. The number of benzene rings is 2. The molecule has 0 bridgehead atoms. The van der Waals surface area contributed by atoms with Crippen LogP contribution in [0.5, 0.6) is 5.75 Å². The van der Waals surface area contributed by atoms with Crippen LogP contribution in [0.25, 0.3) is 0 Å². The molecule has 3 aromatic rings. The lowest BCUT2D eigenvalue weighted by Crippen LogP contribution is -2.51. The Labute approximate surface area is 209 Å². The van der Waals surface area contributed by atoms with Gasteiger partial charge in [-0.05, 0) is 23.3 Å². The number of rotatable bonds is 7. The second-order valence-electron chi connectivity index (χ2n) is 8.88. The van der Waals surface area contributed by atoms with E-state index in [1.807, 2.05) is 12.1 Å². The first-order valence-electron chi connectivity index (χ1n) is 11.8. The van der Waals surface area contributed by atoms with Gasteiger partial charge in [0.1, 0.15) is 12.0 Å². The number of fused-ring (bicyclic) bond motifs is 1. The number of nitrogens with zero attached hydrogens (tertiary/aromatic N) is 3. The minimum Gasteiger partial charge on any atom is -0.477 e. The normalized spacial score (nSPS) is 16.6. The predicted molar refractivity (Wildman–Crippen MR) is 132 cm³/mol. The van der Waals surface area contributed by atoms with Gasteiger partial charge in [0.15, 0.2) is 6.61 Å². The number of sulfonamides is 1. The lowest BCUT2D eigenvalue weighted by Gasteiger charge is -2.33. The van der Waals surface area contributed by atoms with E-state index in [0.29, 0.717) is 12.3 Å². The van der Waals surface area contributed by atoms with E-state index in [2.05, 4.69) is 17.0 Å². The number of ether oxygens (including phenoxy) is 1. The second kappa shape index (κ2) is 10.3. The average molecular weight is 510 g/mol. The van der Waals surface area contributed by atoms with Crippen molar-refractivity contribution in [3.05, 3.63) is 94.0 Å². The molecule has 9 nitrogen and oxygen atoms in total. The highest BCUT2D eigenvalue weighted by atomic mass is 32.2. The van der Waals surface area contributed by atoms with Crippen LogP contribution in [0.3, 0.4) is 0 Å². The van der Waals surface area contributed by atoms with Gasteiger partial charge in [0, 0.05) is 45.3 Å². The maximum atomic E-state index is 12.8. The summed E-state index contributed by atoms with van der Waals surface area (Å²) < 4.78 is 37.9. The van der Waals surface area contributed by atoms with Crippen molar-refractivity contribution in [1.82, 2.24) is 14.1 Å². The highest BCUT2D eigenvalue weighted by molar-refractivity contribution is 7.89. The highest BCUT2D eigenvalue weighted by Gasteiger charge is 2.30. The Bertz CT molecular complexity index is 1370. The first kappa shape index (κ1) is 24.2. The molecule has 2 aliphatic rings. The first-order valence-corrected chi connectivity index (χ1v) is 13.2. The summed E-state index contributed by atoms with van der Waals surface area (Å²) in [4.78, 5) is 29.1. The van der Waals surface area contributed by atoms with Gasteiger partial charge in [0.25, 0.3) is 5.91 Å². The van der Waals surface area contributed by atoms with E-state index in [1.54, 1.807) is 30.3 Å². The number of piperazine rings is 1. The number of amides is 1. The van der Waals surface area contributed by atoms with Crippen LogP contribution in [0.2, 0.25) is 0 Å². The van der Waals surface area contributed by atoms with Gasteiger partial charge in [0.05, 0.1) is 11.4 Å². The molecule has 1 amide bonds. The molecule has 5 rings (SSSR count). The molecule has 0 unspecified atom stereocenters. The third kappa shape index (κ3) is 5.20. The van der Waals surface area contributed by atoms with E-state index in [9.17, 15) is 18.0 Å². The van der Waals surface area contributed by atoms with Crippen LogP contribution in [0.15, 0.2) is 81.0 Å². The van der Waals surface area contributed by atoms with Crippen molar-refractivity contribution < 1.29 is 22.4 Å². The van der Waals surface area contributed by atoms with E-state index in [0.717, 1.165) is 13.1 Å². The number of carbonyl (C=O) groups excluding carboxylic acids is 1. The second-order valence-corrected chi connectivity index (χ2v) is 10.8. The molecule has 2 aliphatic heterocycles. The van der Waals surface area contributed by atoms with Gasteiger partial charge < -0.3 is 14.1 Å². The fourth-order valence-corrected chi connectivity index (χ4v) is 5.96. The molecule has 1 aromatic heterocycles. The zero-order valence-electron chi connectivity index (χ0n) is 19.7. The molecule has 10 heteroatoms. The van der Waals surface area contributed by atoms with Gasteiger partial charge in [-0.15, -0.1) is 0 Å². The summed E-state index contributed by atoms with van der Waals surface area (Å²) in [5.74, 6) is 0.189. The van der Waals surface area contributed by atoms with Crippen LogP contribution in [0.4, 0.5) is 0 Å². The summed E-state index contributed by atoms with van der Waals surface area (Å²) in [5, 5.41) is 0. The van der Waals surface area contributed by atoms with Crippen molar-refractivity contribution in [2.75, 3.05) is 32.8 Å². The summed E-state index contributed by atoms with van der Waals surface area (Å²) in [5.41, 5.74) is 2.20. The van der Waals surface area contributed by atoms with Crippen LogP contribution in [0, 0.1) is 0 Å². The van der Waals surface area contributed by atoms with Crippen molar-refractivity contribution in [2.45, 2.75) is 24.5 Å². The van der Waals surface area contributed by atoms with Crippen molar-refractivity contribution in [2.24, 2.45) is 0 Å². The lowest BCUT2D eigenvalue weighted by atomic mass is 10.1. The van der Waals surface area contributed by atoms with E-state index in [4.69, 9.17) is 9.15 Å². The monoisotopic (exact) mass is 509 g/mol. The van der Waals surface area contributed by atoms with Gasteiger partial charge in [-0.2, -0.15) is 4.31 Å². The van der Waals surface area contributed by atoms with E-state index < -0.39 is 10.0 Å². The van der Waals surface area contributed by atoms with Gasteiger partial charge >= 0.3 is 0 Å². The minimum atomic E-state index is -3.59. The Morgan fingerprint density at radius 3 is 2.19 bits per heavy atom. The van der Waals surface area contributed by atoms with Gasteiger partial charge in [-0.1, -0.05) is 42.5 Å². The molecule has 3 heterocycles. The molecule has 0 atom stereocenters. The smallest absolute Gasteiger partial charge is 0.260 e. The van der Waals surface area contributed by atoms with Crippen molar-refractivity contribution in [1.29, 1.82) is 0 Å². The van der Waals surface area contributed by atoms with Crippen LogP contribution in [-0.4, -0.2) is 61.2 Å². The molecule has 1 fully saturated rings. The Morgan fingerprint density at radius 2 is 1.56 bits per heavy atom. The third-order valence-electron chi connectivity index (χ3n) is 6.46. The number of carbonyl (C=O) groups is 1. The Hall–Kier alpha value is -3.47. The molecular formula is C26H27N3O6S. The first-order chi connectivity index (χ1) is 17.4. The maximum Gasteiger partial charge on any atom is 0.260 e. The minimum absolute atomic E-state index is 0.0258. The zero-order chi connectivity index (χ0) is 25.1. The highest BCUT2D eigenvalue weighted by Crippen LogP contribution is 2.24. The summed E-state index contributed by atoms with van der Waals surface area (Å²) in [6.45, 7) is 2.66. The topological polar surface area (TPSA) is 100 Å². The lowest BCUT2D eigenvalue weighted by molar-refractivity contribution is -0.134. The Balaban J connectivity index is 1.11. The van der Waals surface area contributed by atoms with E-state index in [-0.39, 0.29) is 54.8 Å². The summed E-state index contributed by atoms with van der Waals surface area (Å²) in [6.07, 6.45) is 1.25. The van der Waals surface area contributed by atoms with Gasteiger partial charge in [-0.25, -0.2) is 8.42 Å². The molecular weight excluding hydrogens is 482 g/mol. The fraction of sp³-hybridized carbons (Fsp3) is 0.308. The van der Waals surface area contributed by atoms with Gasteiger partial charge in [-0.3, -0.25) is 14.5 Å². The molecule has 2 aromatic carbocycles. The van der Waals surface area contributed by atoms with Crippen molar-refractivity contribution >= 4 is 15.9 Å².